The number of amides is 1. The average Bonchev–Trinajstić information content (AvgIpc) is 3.20. The number of hydrogen-bond donors (Lipinski definition) is 1. The minimum absolute atomic E-state index is 0. The number of carbonyl (C=O) groups is 1. The van der Waals surface area contributed by atoms with Gasteiger partial charge < -0.3 is 15.0 Å². The van der Waals surface area contributed by atoms with Crippen molar-refractivity contribution in [2.24, 2.45) is 0 Å². The van der Waals surface area contributed by atoms with E-state index in [0.717, 1.165) is 0 Å². The Morgan fingerprint density at radius 3 is 2.55 bits per heavy atom. The molecule has 2 aromatic heterocycles. The quantitative estimate of drug-likeness (QED) is 0.484. The number of benzene rings is 1. The smallest absolute Gasteiger partial charge is 0.420 e. The maximum Gasteiger partial charge on any atom is 0.487 e. The van der Waals surface area contributed by atoms with Crippen molar-refractivity contribution >= 4 is 41.4 Å². The van der Waals surface area contributed by atoms with E-state index in [2.05, 4.69) is 25.0 Å². The number of nitrogens with one attached hydrogen (secondary N) is 1. The maximum atomic E-state index is 13.7. The number of alkyl halides is 4. The minimum atomic E-state index is -3.83. The Labute approximate surface area is 198 Å². The molecule has 0 spiro atoms. The normalized spacial score (nSPS) is 15.6. The monoisotopic (exact) mass is 499 g/mol. The summed E-state index contributed by atoms with van der Waals surface area (Å²) < 4.78 is 43.4. The molecule has 1 atom stereocenters. The van der Waals surface area contributed by atoms with Crippen LogP contribution in [-0.2, 0) is 0 Å². The standard InChI is InChI=1S/C21H17ClF3N5O2.ClH/c22-21(24,25)32-16-3-1-15(2-4-16)29-20(31)13-9-17(18-11-26-6-7-27-18)19(28-10-13)30-8-5-14(23)12-30;/h1-4,6-7,9-11,14H,5,8,12H2,(H,29,31);1H. The van der Waals surface area contributed by atoms with Crippen LogP contribution in [0.5, 0.6) is 5.75 Å². The lowest BCUT2D eigenvalue weighted by atomic mass is 10.1. The summed E-state index contributed by atoms with van der Waals surface area (Å²) in [7, 11) is 0. The van der Waals surface area contributed by atoms with Gasteiger partial charge in [-0.25, -0.2) is 9.37 Å². The first kappa shape index (κ1) is 24.5. The van der Waals surface area contributed by atoms with E-state index in [-0.39, 0.29) is 30.3 Å². The van der Waals surface area contributed by atoms with Crippen LogP contribution < -0.4 is 15.0 Å². The average molecular weight is 500 g/mol. The molecule has 1 amide bonds. The second-order valence-electron chi connectivity index (χ2n) is 7.04. The van der Waals surface area contributed by atoms with Crippen molar-refractivity contribution in [2.45, 2.75) is 18.2 Å². The molecular formula is C21H18Cl2F3N5O2. The van der Waals surface area contributed by atoms with Crippen molar-refractivity contribution in [1.29, 1.82) is 0 Å². The molecule has 1 unspecified atom stereocenters. The van der Waals surface area contributed by atoms with Crippen LogP contribution in [0.1, 0.15) is 16.8 Å². The second kappa shape index (κ2) is 10.2. The molecule has 4 rings (SSSR count). The van der Waals surface area contributed by atoms with E-state index in [1.807, 2.05) is 4.90 Å². The number of rotatable bonds is 6. The van der Waals surface area contributed by atoms with Crippen LogP contribution in [-0.4, -0.2) is 45.7 Å². The topological polar surface area (TPSA) is 80.2 Å². The number of ether oxygens (including phenoxy) is 1. The third-order valence-corrected chi connectivity index (χ3v) is 4.82. The van der Waals surface area contributed by atoms with Gasteiger partial charge in [0, 0.05) is 48.0 Å². The van der Waals surface area contributed by atoms with Gasteiger partial charge in [-0.2, -0.15) is 0 Å². The second-order valence-corrected chi connectivity index (χ2v) is 7.48. The highest BCUT2D eigenvalue weighted by molar-refractivity contribution is 6.20. The summed E-state index contributed by atoms with van der Waals surface area (Å²) in [5, 5.41) is 2.66. The Kier molecular flexibility index (Phi) is 7.60. The predicted octanol–water partition coefficient (Wildman–Crippen LogP) is 4.93. The molecule has 33 heavy (non-hydrogen) atoms. The van der Waals surface area contributed by atoms with E-state index in [4.69, 9.17) is 11.6 Å². The maximum absolute atomic E-state index is 13.7. The highest BCUT2D eigenvalue weighted by atomic mass is 35.5. The summed E-state index contributed by atoms with van der Waals surface area (Å²) >= 11 is 4.74. The highest BCUT2D eigenvalue weighted by Gasteiger charge is 2.28. The number of aromatic nitrogens is 3. The molecule has 174 valence electrons. The van der Waals surface area contributed by atoms with E-state index in [1.54, 1.807) is 6.07 Å². The Morgan fingerprint density at radius 1 is 1.18 bits per heavy atom. The van der Waals surface area contributed by atoms with Crippen LogP contribution in [0.2, 0.25) is 0 Å². The lowest BCUT2D eigenvalue weighted by Gasteiger charge is -2.20. The largest absolute Gasteiger partial charge is 0.487 e. The first-order valence-corrected chi connectivity index (χ1v) is 9.99. The van der Waals surface area contributed by atoms with Crippen LogP contribution in [0, 0.1) is 0 Å². The fourth-order valence-corrected chi connectivity index (χ4v) is 3.40. The Morgan fingerprint density at radius 2 is 1.94 bits per heavy atom. The number of carbonyl (C=O) groups excluding carboxylic acids is 1. The first-order valence-electron chi connectivity index (χ1n) is 9.61. The molecule has 0 bridgehead atoms. The van der Waals surface area contributed by atoms with Gasteiger partial charge in [-0.3, -0.25) is 14.8 Å². The summed E-state index contributed by atoms with van der Waals surface area (Å²) in [5.41, 5.74) is -2.20. The fourth-order valence-electron chi connectivity index (χ4n) is 3.31. The Hall–Kier alpha value is -3.11. The highest BCUT2D eigenvalue weighted by Crippen LogP contribution is 2.31. The van der Waals surface area contributed by atoms with E-state index in [0.29, 0.717) is 35.7 Å². The summed E-state index contributed by atoms with van der Waals surface area (Å²) in [6.07, 6.45) is 5.42. The molecule has 0 radical (unpaired) electrons. The van der Waals surface area contributed by atoms with Gasteiger partial charge in [-0.15, -0.1) is 21.2 Å². The molecule has 0 aliphatic carbocycles. The van der Waals surface area contributed by atoms with Crippen LogP contribution in [0.15, 0.2) is 55.1 Å². The number of pyridine rings is 1. The number of halogens is 5. The molecule has 12 heteroatoms. The third kappa shape index (κ3) is 6.23. The van der Waals surface area contributed by atoms with Gasteiger partial charge in [0.15, 0.2) is 0 Å². The molecule has 3 heterocycles. The zero-order valence-corrected chi connectivity index (χ0v) is 18.5. The third-order valence-electron chi connectivity index (χ3n) is 4.74. The number of anilines is 2. The van der Waals surface area contributed by atoms with Gasteiger partial charge in [0.25, 0.3) is 5.91 Å². The SMILES string of the molecule is Cl.O=C(Nc1ccc(OC(F)(F)Cl)cc1)c1cnc(N2CCC(F)C2)c(-c2cnccn2)c1. The van der Waals surface area contributed by atoms with Gasteiger partial charge in [0.05, 0.1) is 24.0 Å². The van der Waals surface area contributed by atoms with Crippen LogP contribution in [0.25, 0.3) is 11.3 Å². The van der Waals surface area contributed by atoms with Crippen molar-refractivity contribution < 1.29 is 22.7 Å². The zero-order chi connectivity index (χ0) is 22.7. The Balaban J connectivity index is 0.00000306. The van der Waals surface area contributed by atoms with Gasteiger partial charge in [0.2, 0.25) is 0 Å². The molecule has 1 aromatic carbocycles. The molecule has 0 saturated carbocycles. The van der Waals surface area contributed by atoms with E-state index >= 15 is 0 Å². The molecule has 7 nitrogen and oxygen atoms in total. The molecular weight excluding hydrogens is 482 g/mol. The molecule has 3 aromatic rings. The summed E-state index contributed by atoms with van der Waals surface area (Å²) in [4.78, 5) is 27.3. The predicted molar refractivity (Wildman–Crippen MR) is 120 cm³/mol. The summed E-state index contributed by atoms with van der Waals surface area (Å²) in [5.74, 6) is -0.114. The number of nitrogens with zero attached hydrogens (tertiary/aromatic N) is 4. The van der Waals surface area contributed by atoms with Crippen molar-refractivity contribution in [3.63, 3.8) is 0 Å². The summed E-state index contributed by atoms with van der Waals surface area (Å²) in [6, 6.07) is 6.90. The summed E-state index contributed by atoms with van der Waals surface area (Å²) in [6.45, 7) is 0.713. The molecule has 1 aliphatic heterocycles. The van der Waals surface area contributed by atoms with Crippen LogP contribution in [0.3, 0.4) is 0 Å². The molecule has 1 N–H and O–H groups in total. The van der Waals surface area contributed by atoms with Gasteiger partial charge >= 0.3 is 5.57 Å². The van der Waals surface area contributed by atoms with E-state index in [9.17, 15) is 18.0 Å². The fraction of sp³-hybridized carbons (Fsp3) is 0.238. The van der Waals surface area contributed by atoms with Crippen LogP contribution in [0.4, 0.5) is 24.7 Å². The van der Waals surface area contributed by atoms with Crippen LogP contribution >= 0.6 is 24.0 Å². The first-order chi connectivity index (χ1) is 15.3. The number of hydrogen-bond acceptors (Lipinski definition) is 6. The van der Waals surface area contributed by atoms with E-state index in [1.165, 1.54) is 49.1 Å². The molecule has 1 fully saturated rings. The zero-order valence-electron chi connectivity index (χ0n) is 16.9. The van der Waals surface area contributed by atoms with Crippen molar-refractivity contribution in [2.75, 3.05) is 23.3 Å². The van der Waals surface area contributed by atoms with Gasteiger partial charge in [-0.1, -0.05) is 0 Å². The van der Waals surface area contributed by atoms with Gasteiger partial charge in [-0.05, 0) is 36.8 Å². The van der Waals surface area contributed by atoms with Crippen molar-refractivity contribution in [1.82, 2.24) is 15.0 Å². The molecule has 1 saturated heterocycles. The van der Waals surface area contributed by atoms with Gasteiger partial charge in [0.1, 0.15) is 17.7 Å². The lowest BCUT2D eigenvalue weighted by Crippen LogP contribution is -2.23. The van der Waals surface area contributed by atoms with Crippen molar-refractivity contribution in [3.8, 4) is 17.0 Å². The lowest BCUT2D eigenvalue weighted by molar-refractivity contribution is -0.0964. The Bertz CT molecular complexity index is 1100. The minimum Gasteiger partial charge on any atom is -0.420 e. The molecule has 1 aliphatic rings. The van der Waals surface area contributed by atoms with E-state index < -0.39 is 17.6 Å². The van der Waals surface area contributed by atoms with Crippen molar-refractivity contribution in [3.05, 3.63) is 60.7 Å².